The van der Waals surface area contributed by atoms with Crippen molar-refractivity contribution in [3.8, 4) is 17.6 Å². The average molecular weight is 636 g/mol. The molecule has 3 rings (SSSR count). The van der Waals surface area contributed by atoms with E-state index in [4.69, 9.17) is 9.47 Å². The molecule has 0 aliphatic heterocycles. The van der Waals surface area contributed by atoms with E-state index in [1.807, 2.05) is 48.5 Å². The lowest BCUT2D eigenvalue weighted by Gasteiger charge is -2.12. The number of benzene rings is 3. The van der Waals surface area contributed by atoms with Gasteiger partial charge in [0.05, 0.1) is 19.9 Å². The van der Waals surface area contributed by atoms with E-state index >= 15 is 0 Å². The molecule has 3 aromatic carbocycles. The third kappa shape index (κ3) is 6.21. The van der Waals surface area contributed by atoms with E-state index in [1.54, 1.807) is 30.3 Å². The molecule has 156 valence electrons. The third-order valence-corrected chi connectivity index (χ3v) is 5.88. The Morgan fingerprint density at radius 2 is 1.71 bits per heavy atom. The van der Waals surface area contributed by atoms with E-state index in [0.29, 0.717) is 18.0 Å². The van der Waals surface area contributed by atoms with Gasteiger partial charge in [-0.3, -0.25) is 4.79 Å². The number of hydrogen-bond acceptors (Lipinski definition) is 4. The van der Waals surface area contributed by atoms with Crippen molar-refractivity contribution in [2.24, 2.45) is 0 Å². The largest absolute Gasteiger partial charge is 0.495 e. The Balaban J connectivity index is 1.79. The number of carbonyl (C=O) groups excluding carboxylic acids is 1. The smallest absolute Gasteiger partial charge is 0.266 e. The molecule has 0 aliphatic carbocycles. The lowest BCUT2D eigenvalue weighted by Crippen LogP contribution is -2.14. The molecule has 0 unspecified atom stereocenters. The van der Waals surface area contributed by atoms with Gasteiger partial charge >= 0.3 is 0 Å². The Bertz CT molecular complexity index is 1130. The first-order valence-electron chi connectivity index (χ1n) is 9.23. The van der Waals surface area contributed by atoms with E-state index in [1.165, 1.54) is 7.11 Å². The van der Waals surface area contributed by atoms with Crippen LogP contribution in [0, 0.1) is 18.5 Å². The Labute approximate surface area is 208 Å². The van der Waals surface area contributed by atoms with Gasteiger partial charge in [-0.15, -0.1) is 0 Å². The fraction of sp³-hybridized carbons (Fsp3) is 0.0833. The van der Waals surface area contributed by atoms with Crippen LogP contribution in [-0.4, -0.2) is 13.0 Å². The number of anilines is 1. The number of amides is 1. The van der Waals surface area contributed by atoms with Gasteiger partial charge in [-0.25, -0.2) is 0 Å². The summed E-state index contributed by atoms with van der Waals surface area (Å²) in [5.74, 6) is 0.803. The summed E-state index contributed by atoms with van der Waals surface area (Å²) in [7, 11) is 1.53. The second kappa shape index (κ2) is 11.2. The van der Waals surface area contributed by atoms with Crippen molar-refractivity contribution in [1.29, 1.82) is 5.26 Å². The minimum Gasteiger partial charge on any atom is -0.495 e. The zero-order chi connectivity index (χ0) is 22.2. The average Bonchev–Trinajstić information content (AvgIpc) is 2.78. The SMILES string of the molecule is COc1ccccc1NC(=O)/C(C#N)=C\c1cc(I)c(OCc2ccccc2)c(I)c1. The molecule has 3 aromatic rings. The number of nitriles is 1. The minimum absolute atomic E-state index is 0.00420. The lowest BCUT2D eigenvalue weighted by atomic mass is 10.1. The van der Waals surface area contributed by atoms with Gasteiger partial charge in [0.15, 0.2) is 0 Å². The van der Waals surface area contributed by atoms with Crippen LogP contribution in [0.4, 0.5) is 5.69 Å². The first-order valence-corrected chi connectivity index (χ1v) is 11.4. The summed E-state index contributed by atoms with van der Waals surface area (Å²) >= 11 is 4.40. The van der Waals surface area contributed by atoms with Gasteiger partial charge in [-0.2, -0.15) is 5.26 Å². The van der Waals surface area contributed by atoms with Crippen molar-refractivity contribution < 1.29 is 14.3 Å². The second-order valence-corrected chi connectivity index (χ2v) is 8.74. The van der Waals surface area contributed by atoms with Gasteiger partial charge in [-0.05, 0) is 86.7 Å². The highest BCUT2D eigenvalue weighted by Crippen LogP contribution is 2.31. The van der Waals surface area contributed by atoms with Crippen molar-refractivity contribution in [3.63, 3.8) is 0 Å². The van der Waals surface area contributed by atoms with E-state index in [-0.39, 0.29) is 5.57 Å². The molecule has 1 amide bonds. The highest BCUT2D eigenvalue weighted by Gasteiger charge is 2.14. The Morgan fingerprint density at radius 3 is 2.35 bits per heavy atom. The number of nitrogens with one attached hydrogen (secondary N) is 1. The van der Waals surface area contributed by atoms with Crippen molar-refractivity contribution in [3.05, 3.63) is 90.6 Å². The molecule has 0 heterocycles. The molecule has 5 nitrogen and oxygen atoms in total. The van der Waals surface area contributed by atoms with Gasteiger partial charge in [0.25, 0.3) is 5.91 Å². The molecular weight excluding hydrogens is 618 g/mol. The van der Waals surface area contributed by atoms with E-state index in [0.717, 1.165) is 24.0 Å². The van der Waals surface area contributed by atoms with Gasteiger partial charge in [0.2, 0.25) is 0 Å². The number of methoxy groups -OCH3 is 1. The number of hydrogen-bond donors (Lipinski definition) is 1. The Morgan fingerprint density at radius 1 is 1.06 bits per heavy atom. The maximum Gasteiger partial charge on any atom is 0.266 e. The van der Waals surface area contributed by atoms with Gasteiger partial charge < -0.3 is 14.8 Å². The van der Waals surface area contributed by atoms with Crippen molar-refractivity contribution in [1.82, 2.24) is 0 Å². The maximum absolute atomic E-state index is 12.6. The molecule has 0 saturated heterocycles. The Kier molecular flexibility index (Phi) is 8.31. The van der Waals surface area contributed by atoms with Gasteiger partial charge in [-0.1, -0.05) is 42.5 Å². The van der Waals surface area contributed by atoms with Crippen LogP contribution in [-0.2, 0) is 11.4 Å². The third-order valence-electron chi connectivity index (χ3n) is 4.28. The fourth-order valence-electron chi connectivity index (χ4n) is 2.78. The summed E-state index contributed by atoms with van der Waals surface area (Å²) in [5, 5.41) is 12.3. The predicted octanol–water partition coefficient (Wildman–Crippen LogP) is 6.03. The summed E-state index contributed by atoms with van der Waals surface area (Å²) in [5.41, 5.74) is 2.32. The molecule has 0 fully saturated rings. The molecule has 0 spiro atoms. The molecule has 0 aromatic heterocycles. The molecular formula is C24H18I2N2O3. The first kappa shape index (κ1) is 23.1. The van der Waals surface area contributed by atoms with Crippen LogP contribution in [0.25, 0.3) is 6.08 Å². The van der Waals surface area contributed by atoms with Gasteiger partial charge in [0, 0.05) is 0 Å². The number of carbonyl (C=O) groups is 1. The van der Waals surface area contributed by atoms with Crippen LogP contribution < -0.4 is 14.8 Å². The number of halogens is 2. The number of ether oxygens (including phenoxy) is 2. The Hall–Kier alpha value is -2.58. The molecule has 0 radical (unpaired) electrons. The molecule has 31 heavy (non-hydrogen) atoms. The van der Waals surface area contributed by atoms with Crippen LogP contribution in [0.2, 0.25) is 0 Å². The zero-order valence-electron chi connectivity index (χ0n) is 16.6. The first-order chi connectivity index (χ1) is 15.0. The maximum atomic E-state index is 12.6. The predicted molar refractivity (Wildman–Crippen MR) is 138 cm³/mol. The normalized spacial score (nSPS) is 10.8. The monoisotopic (exact) mass is 636 g/mol. The highest BCUT2D eigenvalue weighted by atomic mass is 127. The standard InChI is InChI=1S/C24H18I2N2O3/c1-30-22-10-6-5-9-21(22)28-24(29)18(14-27)11-17-12-19(25)23(20(26)13-17)31-15-16-7-3-2-4-8-16/h2-13H,15H2,1H3,(H,28,29)/b18-11-. The second-order valence-electron chi connectivity index (χ2n) is 6.41. The summed E-state index contributed by atoms with van der Waals surface area (Å²) in [6.45, 7) is 0.465. The van der Waals surface area contributed by atoms with Crippen LogP contribution in [0.3, 0.4) is 0 Å². The summed E-state index contributed by atoms with van der Waals surface area (Å²) in [6, 6.07) is 22.7. The van der Waals surface area contributed by atoms with Crippen LogP contribution in [0.15, 0.2) is 72.3 Å². The highest BCUT2D eigenvalue weighted by molar-refractivity contribution is 14.1. The fourth-order valence-corrected chi connectivity index (χ4v) is 4.91. The zero-order valence-corrected chi connectivity index (χ0v) is 20.9. The molecule has 1 N–H and O–H groups in total. The van der Waals surface area contributed by atoms with Gasteiger partial charge in [0.1, 0.15) is 29.7 Å². The lowest BCUT2D eigenvalue weighted by molar-refractivity contribution is -0.112. The van der Waals surface area contributed by atoms with Crippen molar-refractivity contribution in [2.75, 3.05) is 12.4 Å². The van der Waals surface area contributed by atoms with Crippen molar-refractivity contribution in [2.45, 2.75) is 6.61 Å². The minimum atomic E-state index is -0.499. The van der Waals surface area contributed by atoms with E-state index in [9.17, 15) is 10.1 Å². The topological polar surface area (TPSA) is 71.3 Å². The van der Waals surface area contributed by atoms with E-state index < -0.39 is 5.91 Å². The quantitative estimate of drug-likeness (QED) is 0.196. The molecule has 0 atom stereocenters. The molecule has 7 heteroatoms. The number of rotatable bonds is 7. The summed E-state index contributed by atoms with van der Waals surface area (Å²) < 4.78 is 13.0. The molecule has 0 saturated carbocycles. The van der Waals surface area contributed by atoms with Crippen LogP contribution >= 0.6 is 45.2 Å². The summed E-state index contributed by atoms with van der Waals surface area (Å²) in [6.07, 6.45) is 1.57. The molecule has 0 aliphatic rings. The van der Waals surface area contributed by atoms with Crippen molar-refractivity contribution >= 4 is 62.9 Å². The summed E-state index contributed by atoms with van der Waals surface area (Å²) in [4.78, 5) is 12.6. The molecule has 0 bridgehead atoms. The number of nitrogens with zero attached hydrogens (tertiary/aromatic N) is 1. The number of para-hydroxylation sites is 2. The van der Waals surface area contributed by atoms with Crippen LogP contribution in [0.5, 0.6) is 11.5 Å². The van der Waals surface area contributed by atoms with Crippen LogP contribution in [0.1, 0.15) is 11.1 Å². The van der Waals surface area contributed by atoms with E-state index in [2.05, 4.69) is 50.5 Å².